The predicted octanol–water partition coefficient (Wildman–Crippen LogP) is 0.704. The molecule has 1 fully saturated rings. The van der Waals surface area contributed by atoms with Crippen LogP contribution >= 0.6 is 0 Å². The number of benzene rings is 1. The van der Waals surface area contributed by atoms with E-state index in [9.17, 15) is 21.6 Å². The third kappa shape index (κ3) is 3.52. The Balaban J connectivity index is 1.84. The van der Waals surface area contributed by atoms with Gasteiger partial charge in [-0.15, -0.1) is 0 Å². The van der Waals surface area contributed by atoms with Crippen LogP contribution in [0.15, 0.2) is 18.2 Å². The molecule has 1 amide bonds. The number of amides is 1. The monoisotopic (exact) mass is 386 g/mol. The van der Waals surface area contributed by atoms with Gasteiger partial charge in [-0.1, -0.05) is 0 Å². The van der Waals surface area contributed by atoms with Crippen LogP contribution in [-0.4, -0.2) is 52.1 Å². The number of carbonyl (C=O) groups excluding carboxylic acids is 1. The number of carbonyl (C=O) groups is 1. The summed E-state index contributed by atoms with van der Waals surface area (Å²) in [5.41, 5.74) is 1.05. The number of hydrogen-bond donors (Lipinski definition) is 1. The van der Waals surface area contributed by atoms with Crippen LogP contribution in [0, 0.1) is 0 Å². The van der Waals surface area contributed by atoms with Crippen molar-refractivity contribution in [2.24, 2.45) is 0 Å². The van der Waals surface area contributed by atoms with Gasteiger partial charge in [0.25, 0.3) is 5.91 Å². The fourth-order valence-electron chi connectivity index (χ4n) is 3.70. The maximum atomic E-state index is 12.5. The number of nitrogens with zero attached hydrogens (tertiary/aromatic N) is 1. The molecule has 0 radical (unpaired) electrons. The van der Waals surface area contributed by atoms with Crippen molar-refractivity contribution in [1.29, 1.82) is 0 Å². The normalized spacial score (nSPS) is 28.0. The third-order valence-electron chi connectivity index (χ3n) is 4.77. The Bertz CT molecular complexity index is 939. The summed E-state index contributed by atoms with van der Waals surface area (Å²) in [6.45, 7) is 3.56. The van der Waals surface area contributed by atoms with Gasteiger partial charge < -0.3 is 5.32 Å². The van der Waals surface area contributed by atoms with Crippen molar-refractivity contribution in [3.05, 3.63) is 29.3 Å². The van der Waals surface area contributed by atoms with E-state index < -0.39 is 25.4 Å². The lowest BCUT2D eigenvalue weighted by molar-refractivity contribution is 0.0915. The molecule has 0 aromatic heterocycles. The van der Waals surface area contributed by atoms with E-state index >= 15 is 0 Å². The van der Waals surface area contributed by atoms with Crippen molar-refractivity contribution in [3.63, 3.8) is 0 Å². The quantitative estimate of drug-likeness (QED) is 0.824. The maximum absolute atomic E-state index is 12.5. The Morgan fingerprint density at radius 1 is 1.36 bits per heavy atom. The zero-order valence-corrected chi connectivity index (χ0v) is 16.1. The average Bonchev–Trinajstić information content (AvgIpc) is 2.92. The van der Waals surface area contributed by atoms with Crippen LogP contribution in [0.3, 0.4) is 0 Å². The minimum absolute atomic E-state index is 0.0599. The molecular weight excluding hydrogens is 364 g/mol. The van der Waals surface area contributed by atoms with Gasteiger partial charge in [0.2, 0.25) is 10.0 Å². The summed E-state index contributed by atoms with van der Waals surface area (Å²) >= 11 is 0. The molecule has 9 heteroatoms. The molecule has 2 unspecified atom stereocenters. The number of fused-ring (bicyclic) bond motifs is 1. The highest BCUT2D eigenvalue weighted by Crippen LogP contribution is 2.35. The van der Waals surface area contributed by atoms with E-state index in [2.05, 4.69) is 5.32 Å². The van der Waals surface area contributed by atoms with E-state index in [-0.39, 0.29) is 23.5 Å². The Morgan fingerprint density at radius 3 is 2.60 bits per heavy atom. The standard InChI is InChI=1S/C16H22N2O5S2/c1-11-8-13-9-12(4-5-14(13)18(11)24(3,20)21)15(19)17-16(2)6-7-25(22,23)10-16/h4-5,9,11H,6-8,10H2,1-3H3,(H,17,19). The van der Waals surface area contributed by atoms with Crippen LogP contribution in [0.25, 0.3) is 0 Å². The molecule has 2 heterocycles. The van der Waals surface area contributed by atoms with Crippen molar-refractivity contribution >= 4 is 31.5 Å². The van der Waals surface area contributed by atoms with Crippen molar-refractivity contribution in [1.82, 2.24) is 5.32 Å². The topological polar surface area (TPSA) is 101 Å². The highest BCUT2D eigenvalue weighted by Gasteiger charge is 2.40. The van der Waals surface area contributed by atoms with Gasteiger partial charge in [0.05, 0.1) is 29.0 Å². The summed E-state index contributed by atoms with van der Waals surface area (Å²) in [5, 5.41) is 2.82. The lowest BCUT2D eigenvalue weighted by atomic mass is 10.0. The van der Waals surface area contributed by atoms with Gasteiger partial charge >= 0.3 is 0 Å². The van der Waals surface area contributed by atoms with Crippen LogP contribution < -0.4 is 9.62 Å². The van der Waals surface area contributed by atoms with Gasteiger partial charge in [-0.05, 0) is 50.5 Å². The van der Waals surface area contributed by atoms with Gasteiger partial charge in [0, 0.05) is 11.6 Å². The average molecular weight is 386 g/mol. The first-order valence-electron chi connectivity index (χ1n) is 8.06. The highest BCUT2D eigenvalue weighted by atomic mass is 32.2. The second-order valence-corrected chi connectivity index (χ2v) is 11.4. The van der Waals surface area contributed by atoms with Crippen LogP contribution in [0.5, 0.6) is 0 Å². The van der Waals surface area contributed by atoms with E-state index in [1.165, 1.54) is 10.6 Å². The van der Waals surface area contributed by atoms with Crippen molar-refractivity contribution in [3.8, 4) is 0 Å². The second-order valence-electron chi connectivity index (χ2n) is 7.31. The lowest BCUT2D eigenvalue weighted by Crippen LogP contribution is -2.46. The molecule has 138 valence electrons. The second kappa shape index (κ2) is 5.70. The molecule has 1 N–H and O–H groups in total. The number of rotatable bonds is 3. The van der Waals surface area contributed by atoms with Gasteiger partial charge in [-0.3, -0.25) is 9.10 Å². The fourth-order valence-corrected chi connectivity index (χ4v) is 7.06. The summed E-state index contributed by atoms with van der Waals surface area (Å²) in [4.78, 5) is 12.5. The van der Waals surface area contributed by atoms with Crippen LogP contribution in [0.2, 0.25) is 0 Å². The Hall–Kier alpha value is -1.61. The van der Waals surface area contributed by atoms with E-state index in [4.69, 9.17) is 0 Å². The zero-order valence-electron chi connectivity index (χ0n) is 14.4. The SMILES string of the molecule is CC1Cc2cc(C(=O)NC3(C)CCS(=O)(=O)C3)ccc2N1S(C)(=O)=O. The Kier molecular flexibility index (Phi) is 4.15. The number of hydrogen-bond acceptors (Lipinski definition) is 5. The first-order valence-corrected chi connectivity index (χ1v) is 11.7. The number of nitrogens with one attached hydrogen (secondary N) is 1. The molecule has 2 aliphatic rings. The van der Waals surface area contributed by atoms with Gasteiger partial charge in [-0.25, -0.2) is 16.8 Å². The number of sulfone groups is 1. The summed E-state index contributed by atoms with van der Waals surface area (Å²) in [6.07, 6.45) is 2.10. The molecule has 0 aliphatic carbocycles. The molecule has 2 atom stereocenters. The van der Waals surface area contributed by atoms with Crippen LogP contribution in [0.4, 0.5) is 5.69 Å². The fraction of sp³-hybridized carbons (Fsp3) is 0.562. The smallest absolute Gasteiger partial charge is 0.251 e. The molecule has 1 aromatic rings. The summed E-state index contributed by atoms with van der Waals surface area (Å²) in [5.74, 6) is -0.322. The minimum Gasteiger partial charge on any atom is -0.346 e. The Labute approximate surface area is 148 Å². The molecule has 2 aliphatic heterocycles. The molecule has 1 saturated heterocycles. The van der Waals surface area contributed by atoms with E-state index in [1.807, 2.05) is 6.92 Å². The molecule has 25 heavy (non-hydrogen) atoms. The lowest BCUT2D eigenvalue weighted by Gasteiger charge is -2.24. The summed E-state index contributed by atoms with van der Waals surface area (Å²) < 4.78 is 48.6. The van der Waals surface area contributed by atoms with Crippen molar-refractivity contribution in [2.75, 3.05) is 22.1 Å². The van der Waals surface area contributed by atoms with Crippen molar-refractivity contribution in [2.45, 2.75) is 38.3 Å². The first kappa shape index (κ1) is 18.2. The molecule has 1 aromatic carbocycles. The van der Waals surface area contributed by atoms with Crippen LogP contribution in [-0.2, 0) is 26.3 Å². The van der Waals surface area contributed by atoms with E-state index in [0.29, 0.717) is 24.1 Å². The number of anilines is 1. The highest BCUT2D eigenvalue weighted by molar-refractivity contribution is 7.92. The van der Waals surface area contributed by atoms with E-state index in [1.54, 1.807) is 25.1 Å². The first-order chi connectivity index (χ1) is 11.4. The zero-order chi connectivity index (χ0) is 18.6. The molecule has 0 bridgehead atoms. The molecular formula is C16H22N2O5S2. The minimum atomic E-state index is -3.37. The van der Waals surface area contributed by atoms with E-state index in [0.717, 1.165) is 5.56 Å². The van der Waals surface area contributed by atoms with Gasteiger partial charge in [0.15, 0.2) is 9.84 Å². The van der Waals surface area contributed by atoms with Crippen molar-refractivity contribution < 1.29 is 21.6 Å². The molecule has 7 nitrogen and oxygen atoms in total. The predicted molar refractivity (Wildman–Crippen MR) is 96.1 cm³/mol. The maximum Gasteiger partial charge on any atom is 0.251 e. The molecule has 3 rings (SSSR count). The van der Waals surface area contributed by atoms with Gasteiger partial charge in [-0.2, -0.15) is 0 Å². The largest absolute Gasteiger partial charge is 0.346 e. The Morgan fingerprint density at radius 2 is 2.04 bits per heavy atom. The van der Waals surface area contributed by atoms with Gasteiger partial charge in [0.1, 0.15) is 0 Å². The molecule has 0 saturated carbocycles. The number of sulfonamides is 1. The third-order valence-corrected chi connectivity index (χ3v) is 7.94. The summed E-state index contributed by atoms with van der Waals surface area (Å²) in [7, 11) is -6.48. The molecule has 0 spiro atoms. The van der Waals surface area contributed by atoms with Crippen LogP contribution in [0.1, 0.15) is 36.2 Å². The summed E-state index contributed by atoms with van der Waals surface area (Å²) in [6, 6.07) is 4.72.